The van der Waals surface area contributed by atoms with Crippen LogP contribution in [0.5, 0.6) is 0 Å². The first kappa shape index (κ1) is 24.1. The lowest BCUT2D eigenvalue weighted by atomic mass is 9.85. The zero-order chi connectivity index (χ0) is 23.9. The van der Waals surface area contributed by atoms with Gasteiger partial charge in [-0.1, -0.05) is 45.9 Å². The van der Waals surface area contributed by atoms with E-state index >= 15 is 8.78 Å². The Kier molecular flexibility index (Phi) is 6.33. The molecule has 3 fully saturated rings. The normalized spacial score (nSPS) is 26.4. The van der Waals surface area contributed by atoms with Gasteiger partial charge in [-0.3, -0.25) is 4.98 Å². The molecule has 1 aromatic carbocycles. The SMILES string of the molecule is CC(C)(C)C[C@H](NCC(F)(F)c1ccc(-c2ccc(F)cc2)cn1)C12OCC(C)(CO1)CO2. The number of fused-ring (bicyclic) bond motifs is 3. The predicted octanol–water partition coefficient (Wildman–Crippen LogP) is 5.11. The van der Waals surface area contributed by atoms with Crippen molar-refractivity contribution in [2.75, 3.05) is 26.4 Å². The average Bonchev–Trinajstić information content (AvgIpc) is 2.77. The Morgan fingerprint density at radius 3 is 2.06 bits per heavy atom. The van der Waals surface area contributed by atoms with Crippen LogP contribution in [0.1, 0.15) is 39.8 Å². The highest BCUT2D eigenvalue weighted by molar-refractivity contribution is 5.62. The van der Waals surface area contributed by atoms with Crippen LogP contribution in [0.3, 0.4) is 0 Å². The van der Waals surface area contributed by atoms with Gasteiger partial charge in [0.05, 0.1) is 32.4 Å². The Morgan fingerprint density at radius 2 is 1.55 bits per heavy atom. The average molecular weight is 465 g/mol. The van der Waals surface area contributed by atoms with Crippen molar-refractivity contribution < 1.29 is 27.4 Å². The third-order valence-corrected chi connectivity index (χ3v) is 5.99. The molecule has 3 saturated heterocycles. The summed E-state index contributed by atoms with van der Waals surface area (Å²) in [5, 5.41) is 2.96. The van der Waals surface area contributed by atoms with E-state index in [0.29, 0.717) is 37.4 Å². The van der Waals surface area contributed by atoms with Gasteiger partial charge >= 0.3 is 5.92 Å². The van der Waals surface area contributed by atoms with E-state index in [4.69, 9.17) is 14.2 Å². The highest BCUT2D eigenvalue weighted by Crippen LogP contribution is 2.42. The zero-order valence-corrected chi connectivity index (χ0v) is 19.5. The number of ether oxygens (including phenoxy) is 3. The molecular formula is C25H31F3N2O3. The quantitative estimate of drug-likeness (QED) is 0.617. The standard InChI is InChI=1S/C25H31F3N2O3/c1-22(2,3)11-21(25-31-14-23(4,15-32-25)16-33-25)30-13-24(27,28)20-10-7-18(12-29-20)17-5-8-19(26)9-6-17/h5-10,12,21,30H,11,13-16H2,1-4H3/t21-,23?,25?/m0/s1. The highest BCUT2D eigenvalue weighted by atomic mass is 19.3. The molecule has 33 heavy (non-hydrogen) atoms. The Labute approximate surface area is 192 Å². The number of hydrogen-bond acceptors (Lipinski definition) is 5. The van der Waals surface area contributed by atoms with E-state index in [-0.39, 0.29) is 22.3 Å². The number of nitrogens with one attached hydrogen (secondary N) is 1. The van der Waals surface area contributed by atoms with E-state index in [9.17, 15) is 4.39 Å². The second-order valence-electron chi connectivity index (χ2n) is 10.6. The van der Waals surface area contributed by atoms with Crippen molar-refractivity contribution in [2.24, 2.45) is 10.8 Å². The van der Waals surface area contributed by atoms with Crippen molar-refractivity contribution in [3.8, 4) is 11.1 Å². The molecule has 1 atom stereocenters. The van der Waals surface area contributed by atoms with Crippen LogP contribution in [0, 0.1) is 16.6 Å². The monoisotopic (exact) mass is 464 g/mol. The Hall–Kier alpha value is -2.00. The van der Waals surface area contributed by atoms with E-state index in [1.54, 1.807) is 18.2 Å². The lowest BCUT2D eigenvalue weighted by Gasteiger charge is -2.54. The topological polar surface area (TPSA) is 52.6 Å². The van der Waals surface area contributed by atoms with Gasteiger partial charge in [0.25, 0.3) is 5.97 Å². The summed E-state index contributed by atoms with van der Waals surface area (Å²) in [7, 11) is 0. The van der Waals surface area contributed by atoms with E-state index in [1.807, 2.05) is 27.7 Å². The van der Waals surface area contributed by atoms with Crippen LogP contribution >= 0.6 is 0 Å². The summed E-state index contributed by atoms with van der Waals surface area (Å²) in [6.45, 7) is 8.82. The highest BCUT2D eigenvalue weighted by Gasteiger charge is 2.55. The maximum atomic E-state index is 15.1. The molecule has 2 aromatic rings. The molecule has 5 rings (SSSR count). The lowest BCUT2D eigenvalue weighted by molar-refractivity contribution is -0.475. The van der Waals surface area contributed by atoms with Gasteiger partial charge in [0.15, 0.2) is 0 Å². The maximum absolute atomic E-state index is 15.1. The van der Waals surface area contributed by atoms with Crippen LogP contribution in [0.2, 0.25) is 0 Å². The van der Waals surface area contributed by atoms with Crippen LogP contribution in [0.15, 0.2) is 42.6 Å². The molecule has 1 aromatic heterocycles. The summed E-state index contributed by atoms with van der Waals surface area (Å²) in [4.78, 5) is 3.99. The van der Waals surface area contributed by atoms with Crippen molar-refractivity contribution in [1.29, 1.82) is 0 Å². The Bertz CT molecular complexity index is 934. The van der Waals surface area contributed by atoms with Gasteiger partial charge in [-0.15, -0.1) is 0 Å². The number of alkyl halides is 2. The fraction of sp³-hybridized carbons (Fsp3) is 0.560. The molecule has 3 aliphatic heterocycles. The van der Waals surface area contributed by atoms with Gasteiger partial charge < -0.3 is 19.5 Å². The molecule has 0 saturated carbocycles. The fourth-order valence-corrected chi connectivity index (χ4v) is 4.08. The molecule has 0 amide bonds. The zero-order valence-electron chi connectivity index (χ0n) is 19.5. The number of halogens is 3. The summed E-state index contributed by atoms with van der Waals surface area (Å²) in [6.07, 6.45) is 1.89. The molecule has 0 radical (unpaired) electrons. The summed E-state index contributed by atoms with van der Waals surface area (Å²) in [6, 6.07) is 8.08. The molecule has 2 bridgehead atoms. The molecule has 0 spiro atoms. The first-order valence-corrected chi connectivity index (χ1v) is 11.2. The Balaban J connectivity index is 1.48. The van der Waals surface area contributed by atoms with Crippen LogP contribution in [0.4, 0.5) is 13.2 Å². The molecule has 1 N–H and O–H groups in total. The Morgan fingerprint density at radius 1 is 0.970 bits per heavy atom. The van der Waals surface area contributed by atoms with Gasteiger partial charge in [-0.2, -0.15) is 8.78 Å². The van der Waals surface area contributed by atoms with Crippen LogP contribution in [-0.4, -0.2) is 43.4 Å². The first-order valence-electron chi connectivity index (χ1n) is 11.2. The van der Waals surface area contributed by atoms with Gasteiger partial charge in [0.2, 0.25) is 0 Å². The lowest BCUT2D eigenvalue weighted by Crippen LogP contribution is -2.67. The van der Waals surface area contributed by atoms with E-state index in [1.165, 1.54) is 24.4 Å². The third-order valence-electron chi connectivity index (χ3n) is 5.99. The maximum Gasteiger partial charge on any atom is 0.301 e. The van der Waals surface area contributed by atoms with E-state index in [2.05, 4.69) is 10.3 Å². The molecule has 8 heteroatoms. The second kappa shape index (κ2) is 8.65. The number of nitrogens with zero attached hydrogens (tertiary/aromatic N) is 1. The minimum absolute atomic E-state index is 0.176. The van der Waals surface area contributed by atoms with Crippen LogP contribution < -0.4 is 5.32 Å². The number of benzene rings is 1. The number of aromatic nitrogens is 1. The van der Waals surface area contributed by atoms with Gasteiger partial charge in [0.1, 0.15) is 11.5 Å². The molecule has 0 aliphatic carbocycles. The number of pyridine rings is 1. The van der Waals surface area contributed by atoms with E-state index < -0.39 is 24.5 Å². The summed E-state index contributed by atoms with van der Waals surface area (Å²) < 4.78 is 61.1. The van der Waals surface area contributed by atoms with Crippen molar-refractivity contribution in [3.05, 3.63) is 54.1 Å². The molecular weight excluding hydrogens is 433 g/mol. The van der Waals surface area contributed by atoms with Crippen LogP contribution in [0.25, 0.3) is 11.1 Å². The van der Waals surface area contributed by atoms with Crippen molar-refractivity contribution in [2.45, 2.75) is 52.1 Å². The predicted molar refractivity (Wildman–Crippen MR) is 118 cm³/mol. The summed E-state index contributed by atoms with van der Waals surface area (Å²) in [5.74, 6) is -4.96. The molecule has 0 unspecified atom stereocenters. The minimum atomic E-state index is -3.23. The van der Waals surface area contributed by atoms with Gasteiger partial charge in [0, 0.05) is 17.2 Å². The van der Waals surface area contributed by atoms with Crippen molar-refractivity contribution in [1.82, 2.24) is 10.3 Å². The van der Waals surface area contributed by atoms with Crippen LogP contribution in [-0.2, 0) is 20.1 Å². The smallest absolute Gasteiger partial charge is 0.301 e. The summed E-state index contributed by atoms with van der Waals surface area (Å²) in [5.41, 5.74) is 0.596. The molecule has 3 aliphatic rings. The second-order valence-corrected chi connectivity index (χ2v) is 10.6. The summed E-state index contributed by atoms with van der Waals surface area (Å²) >= 11 is 0. The largest absolute Gasteiger partial charge is 0.325 e. The van der Waals surface area contributed by atoms with Gasteiger partial charge in [-0.05, 0) is 35.6 Å². The van der Waals surface area contributed by atoms with Crippen molar-refractivity contribution in [3.63, 3.8) is 0 Å². The van der Waals surface area contributed by atoms with E-state index in [0.717, 1.165) is 0 Å². The van der Waals surface area contributed by atoms with Crippen molar-refractivity contribution >= 4 is 0 Å². The fourth-order valence-electron chi connectivity index (χ4n) is 4.08. The number of rotatable bonds is 7. The molecule has 5 nitrogen and oxygen atoms in total. The first-order chi connectivity index (χ1) is 15.4. The third kappa shape index (κ3) is 5.40. The number of hydrogen-bond donors (Lipinski definition) is 1. The minimum Gasteiger partial charge on any atom is -0.325 e. The molecule has 4 heterocycles. The molecule has 180 valence electrons. The van der Waals surface area contributed by atoms with Gasteiger partial charge in [-0.25, -0.2) is 4.39 Å².